The topological polar surface area (TPSA) is 17.1 Å². The highest BCUT2D eigenvalue weighted by Crippen LogP contribution is 2.09. The highest BCUT2D eigenvalue weighted by atomic mass is 16.1. The number of carbonyl (C=O) groups excluding carboxylic acids is 1. The highest BCUT2D eigenvalue weighted by Gasteiger charge is 1.90. The van der Waals surface area contributed by atoms with E-state index in [0.29, 0.717) is 0 Å². The van der Waals surface area contributed by atoms with Crippen LogP contribution in [0.4, 0.5) is 0 Å². The van der Waals surface area contributed by atoms with Crippen molar-refractivity contribution in [1.82, 2.24) is 0 Å². The van der Waals surface area contributed by atoms with Crippen LogP contribution < -0.4 is 0 Å². The summed E-state index contributed by atoms with van der Waals surface area (Å²) in [6, 6.07) is 8.44. The Kier molecular flexibility index (Phi) is 4.55. The molecule has 1 rings (SSSR count). The highest BCUT2D eigenvalue weighted by molar-refractivity contribution is 5.67. The van der Waals surface area contributed by atoms with Crippen molar-refractivity contribution in [3.8, 4) is 0 Å². The van der Waals surface area contributed by atoms with Gasteiger partial charge >= 0.3 is 0 Å². The second-order valence-corrected chi connectivity index (χ2v) is 3.48. The van der Waals surface area contributed by atoms with E-state index in [4.69, 9.17) is 0 Å². The molecule has 0 radical (unpaired) electrons. The van der Waals surface area contributed by atoms with Crippen LogP contribution in [-0.4, -0.2) is 6.29 Å². The SMILES string of the molecule is CCc1ccc(/C=C(C)\C=C\C=O)cc1. The number of aldehydes is 1. The van der Waals surface area contributed by atoms with E-state index in [2.05, 4.69) is 37.3 Å². The van der Waals surface area contributed by atoms with Gasteiger partial charge in [0.15, 0.2) is 0 Å². The molecule has 0 heterocycles. The molecule has 0 saturated heterocycles. The Morgan fingerprint density at radius 2 is 1.93 bits per heavy atom. The molecular weight excluding hydrogens is 184 g/mol. The molecule has 0 aromatic heterocycles. The summed E-state index contributed by atoms with van der Waals surface area (Å²) in [4.78, 5) is 10.1. The van der Waals surface area contributed by atoms with E-state index in [1.54, 1.807) is 6.08 Å². The van der Waals surface area contributed by atoms with Crippen LogP contribution >= 0.6 is 0 Å². The van der Waals surface area contributed by atoms with Crippen molar-refractivity contribution in [2.75, 3.05) is 0 Å². The summed E-state index contributed by atoms with van der Waals surface area (Å²) in [6.07, 6.45) is 7.22. The Morgan fingerprint density at radius 1 is 1.27 bits per heavy atom. The van der Waals surface area contributed by atoms with Crippen molar-refractivity contribution < 1.29 is 4.79 Å². The maximum absolute atomic E-state index is 10.1. The van der Waals surface area contributed by atoms with Gasteiger partial charge in [0.05, 0.1) is 0 Å². The number of hydrogen-bond acceptors (Lipinski definition) is 1. The molecule has 0 aliphatic heterocycles. The lowest BCUT2D eigenvalue weighted by atomic mass is 10.1. The van der Waals surface area contributed by atoms with E-state index in [1.165, 1.54) is 17.2 Å². The Morgan fingerprint density at radius 3 is 2.47 bits per heavy atom. The van der Waals surface area contributed by atoms with Crippen molar-refractivity contribution >= 4 is 12.4 Å². The maximum atomic E-state index is 10.1. The normalized spacial score (nSPS) is 12.0. The molecule has 15 heavy (non-hydrogen) atoms. The molecule has 0 atom stereocenters. The maximum Gasteiger partial charge on any atom is 0.142 e. The number of hydrogen-bond donors (Lipinski definition) is 0. The third-order valence-electron chi connectivity index (χ3n) is 2.22. The van der Waals surface area contributed by atoms with Gasteiger partial charge in [-0.15, -0.1) is 0 Å². The number of rotatable bonds is 4. The van der Waals surface area contributed by atoms with Crippen molar-refractivity contribution in [3.63, 3.8) is 0 Å². The minimum atomic E-state index is 0.789. The average Bonchev–Trinajstić information content (AvgIpc) is 2.27. The van der Waals surface area contributed by atoms with Gasteiger partial charge in [0.1, 0.15) is 6.29 Å². The molecule has 1 aromatic carbocycles. The van der Waals surface area contributed by atoms with Crippen LogP contribution in [0.5, 0.6) is 0 Å². The minimum absolute atomic E-state index is 0.789. The minimum Gasteiger partial charge on any atom is -0.299 e. The number of carbonyl (C=O) groups is 1. The van der Waals surface area contributed by atoms with Gasteiger partial charge in [-0.2, -0.15) is 0 Å². The Labute approximate surface area is 91.1 Å². The third-order valence-corrected chi connectivity index (χ3v) is 2.22. The molecule has 0 spiro atoms. The van der Waals surface area contributed by atoms with Crippen molar-refractivity contribution in [3.05, 3.63) is 53.1 Å². The van der Waals surface area contributed by atoms with E-state index >= 15 is 0 Å². The summed E-state index contributed by atoms with van der Waals surface area (Å²) >= 11 is 0. The first-order valence-electron chi connectivity index (χ1n) is 5.15. The third kappa shape index (κ3) is 3.94. The lowest BCUT2D eigenvalue weighted by Gasteiger charge is -1.98. The fourth-order valence-corrected chi connectivity index (χ4v) is 1.35. The Hall–Kier alpha value is -1.63. The molecule has 1 heteroatoms. The van der Waals surface area contributed by atoms with Crippen LogP contribution in [0, 0.1) is 0 Å². The van der Waals surface area contributed by atoms with E-state index < -0.39 is 0 Å². The molecule has 1 aromatic rings. The largest absolute Gasteiger partial charge is 0.299 e. The molecule has 0 fully saturated rings. The second-order valence-electron chi connectivity index (χ2n) is 3.48. The van der Waals surface area contributed by atoms with Crippen LogP contribution in [0.3, 0.4) is 0 Å². The first kappa shape index (κ1) is 11.4. The first-order chi connectivity index (χ1) is 7.26. The molecule has 0 aliphatic rings. The van der Waals surface area contributed by atoms with Gasteiger partial charge in [-0.1, -0.05) is 48.9 Å². The molecule has 0 saturated carbocycles. The van der Waals surface area contributed by atoms with E-state index in [9.17, 15) is 4.79 Å². The number of allylic oxidation sites excluding steroid dienone is 3. The quantitative estimate of drug-likeness (QED) is 0.413. The second kappa shape index (κ2) is 5.97. The molecular formula is C14H16O. The summed E-state index contributed by atoms with van der Waals surface area (Å²) < 4.78 is 0. The summed E-state index contributed by atoms with van der Waals surface area (Å²) in [7, 11) is 0. The monoisotopic (exact) mass is 200 g/mol. The summed E-state index contributed by atoms with van der Waals surface area (Å²) in [5.41, 5.74) is 3.58. The zero-order valence-electron chi connectivity index (χ0n) is 9.23. The van der Waals surface area contributed by atoms with Gasteiger partial charge in [0.25, 0.3) is 0 Å². The predicted octanol–water partition coefficient (Wildman–Crippen LogP) is 3.41. The number of aryl methyl sites for hydroxylation is 1. The van der Waals surface area contributed by atoms with Crippen LogP contribution in [0.1, 0.15) is 25.0 Å². The van der Waals surface area contributed by atoms with Gasteiger partial charge < -0.3 is 0 Å². The Bertz CT molecular complexity index is 369. The van der Waals surface area contributed by atoms with Crippen LogP contribution in [0.15, 0.2) is 42.0 Å². The van der Waals surface area contributed by atoms with Gasteiger partial charge in [0.2, 0.25) is 0 Å². The lowest BCUT2D eigenvalue weighted by Crippen LogP contribution is -1.80. The fraction of sp³-hybridized carbons (Fsp3) is 0.214. The van der Waals surface area contributed by atoms with E-state index in [-0.39, 0.29) is 0 Å². The molecule has 78 valence electrons. The van der Waals surface area contributed by atoms with Gasteiger partial charge in [-0.3, -0.25) is 4.79 Å². The Balaban J connectivity index is 2.79. The van der Waals surface area contributed by atoms with Crippen LogP contribution in [0.25, 0.3) is 6.08 Å². The van der Waals surface area contributed by atoms with Gasteiger partial charge in [-0.25, -0.2) is 0 Å². The first-order valence-corrected chi connectivity index (χ1v) is 5.15. The van der Waals surface area contributed by atoms with E-state index in [0.717, 1.165) is 18.3 Å². The average molecular weight is 200 g/mol. The van der Waals surface area contributed by atoms with Gasteiger partial charge in [-0.05, 0) is 30.5 Å². The molecule has 0 N–H and O–H groups in total. The standard InChI is InChI=1S/C14H16O/c1-3-13-6-8-14(9-7-13)11-12(2)5-4-10-15/h4-11H,3H2,1-2H3/b5-4+,12-11-. The number of benzene rings is 1. The summed E-state index contributed by atoms with van der Waals surface area (Å²) in [5, 5.41) is 0. The molecule has 0 bridgehead atoms. The zero-order valence-corrected chi connectivity index (χ0v) is 9.23. The van der Waals surface area contributed by atoms with Crippen molar-refractivity contribution in [1.29, 1.82) is 0 Å². The van der Waals surface area contributed by atoms with Crippen LogP contribution in [0.2, 0.25) is 0 Å². The molecule has 0 unspecified atom stereocenters. The zero-order chi connectivity index (χ0) is 11.1. The van der Waals surface area contributed by atoms with Crippen LogP contribution in [-0.2, 0) is 11.2 Å². The van der Waals surface area contributed by atoms with Crippen molar-refractivity contribution in [2.24, 2.45) is 0 Å². The molecule has 1 nitrogen and oxygen atoms in total. The smallest absolute Gasteiger partial charge is 0.142 e. The van der Waals surface area contributed by atoms with Crippen molar-refractivity contribution in [2.45, 2.75) is 20.3 Å². The van der Waals surface area contributed by atoms with E-state index in [1.807, 2.05) is 6.92 Å². The lowest BCUT2D eigenvalue weighted by molar-refractivity contribution is -0.104. The molecule has 0 amide bonds. The fourth-order valence-electron chi connectivity index (χ4n) is 1.35. The summed E-state index contributed by atoms with van der Waals surface area (Å²) in [5.74, 6) is 0. The predicted molar refractivity (Wildman–Crippen MR) is 64.7 cm³/mol. The van der Waals surface area contributed by atoms with Gasteiger partial charge in [0, 0.05) is 0 Å². The summed E-state index contributed by atoms with van der Waals surface area (Å²) in [6.45, 7) is 4.12. The molecule has 0 aliphatic carbocycles.